The molecule has 0 aliphatic carbocycles. The van der Waals surface area contributed by atoms with Gasteiger partial charge in [0.25, 0.3) is 0 Å². The second kappa shape index (κ2) is 6.30. The van der Waals surface area contributed by atoms with Gasteiger partial charge in [0.05, 0.1) is 31.6 Å². The molecule has 116 valence electrons. The summed E-state index contributed by atoms with van der Waals surface area (Å²) in [6, 6.07) is 7.47. The van der Waals surface area contributed by atoms with Gasteiger partial charge in [-0.05, 0) is 17.7 Å². The first-order chi connectivity index (χ1) is 11.1. The molecule has 0 aliphatic heterocycles. The molecule has 0 saturated carbocycles. The Hall–Kier alpha value is -3.16. The van der Waals surface area contributed by atoms with Crippen molar-refractivity contribution in [2.75, 3.05) is 5.32 Å². The molecular weight excluding hydrogens is 294 g/mol. The summed E-state index contributed by atoms with van der Waals surface area (Å²) < 4.78 is 0. The minimum Gasteiger partial charge on any atom is -0.309 e. The highest BCUT2D eigenvalue weighted by Gasteiger charge is 2.07. The highest BCUT2D eigenvalue weighted by Crippen LogP contribution is 2.15. The van der Waals surface area contributed by atoms with Gasteiger partial charge in [-0.2, -0.15) is 4.80 Å². The molecule has 3 aromatic rings. The SMILES string of the molecule is Cc1cnc(NC(=O)Cc2ccc(-c3nnn(C)n3)cc2)cn1. The Morgan fingerprint density at radius 1 is 1.17 bits per heavy atom. The molecule has 0 aliphatic rings. The second-order valence-electron chi connectivity index (χ2n) is 5.07. The van der Waals surface area contributed by atoms with Gasteiger partial charge in [-0.15, -0.1) is 10.2 Å². The summed E-state index contributed by atoms with van der Waals surface area (Å²) >= 11 is 0. The molecule has 1 N–H and O–H groups in total. The van der Waals surface area contributed by atoms with Gasteiger partial charge in [0, 0.05) is 5.56 Å². The van der Waals surface area contributed by atoms with Gasteiger partial charge in [-0.25, -0.2) is 4.98 Å². The molecule has 0 fully saturated rings. The molecule has 0 unspecified atom stereocenters. The van der Waals surface area contributed by atoms with Crippen LogP contribution in [0.25, 0.3) is 11.4 Å². The zero-order valence-electron chi connectivity index (χ0n) is 12.8. The number of aryl methyl sites for hydroxylation is 2. The summed E-state index contributed by atoms with van der Waals surface area (Å²) in [6.07, 6.45) is 3.40. The Morgan fingerprint density at radius 3 is 2.57 bits per heavy atom. The number of tetrazole rings is 1. The van der Waals surface area contributed by atoms with E-state index in [1.807, 2.05) is 31.2 Å². The third-order valence-corrected chi connectivity index (χ3v) is 3.13. The monoisotopic (exact) mass is 309 g/mol. The van der Waals surface area contributed by atoms with Gasteiger partial charge in [-0.3, -0.25) is 9.78 Å². The predicted molar refractivity (Wildman–Crippen MR) is 83.3 cm³/mol. The van der Waals surface area contributed by atoms with E-state index < -0.39 is 0 Å². The van der Waals surface area contributed by atoms with Gasteiger partial charge in [0.1, 0.15) is 0 Å². The molecular formula is C15H15N7O. The number of aromatic nitrogens is 6. The number of hydrogen-bond acceptors (Lipinski definition) is 6. The molecule has 0 atom stereocenters. The fourth-order valence-electron chi connectivity index (χ4n) is 2.00. The highest BCUT2D eigenvalue weighted by molar-refractivity contribution is 5.91. The van der Waals surface area contributed by atoms with Crippen molar-refractivity contribution in [3.8, 4) is 11.4 Å². The van der Waals surface area contributed by atoms with Crippen LogP contribution in [0, 0.1) is 6.92 Å². The maximum absolute atomic E-state index is 12.0. The topological polar surface area (TPSA) is 98.5 Å². The summed E-state index contributed by atoms with van der Waals surface area (Å²) in [5.41, 5.74) is 2.54. The summed E-state index contributed by atoms with van der Waals surface area (Å²) in [7, 11) is 1.71. The average molecular weight is 309 g/mol. The lowest BCUT2D eigenvalue weighted by atomic mass is 10.1. The lowest BCUT2D eigenvalue weighted by Gasteiger charge is -2.05. The van der Waals surface area contributed by atoms with Crippen LogP contribution in [0.5, 0.6) is 0 Å². The number of nitrogens with one attached hydrogen (secondary N) is 1. The Labute approximate surface area is 132 Å². The Balaban J connectivity index is 1.63. The number of benzene rings is 1. The first-order valence-corrected chi connectivity index (χ1v) is 7.02. The van der Waals surface area contributed by atoms with Gasteiger partial charge in [0.2, 0.25) is 11.7 Å². The minimum atomic E-state index is -0.145. The van der Waals surface area contributed by atoms with Crippen LogP contribution in [0.2, 0.25) is 0 Å². The average Bonchev–Trinajstić information content (AvgIpc) is 2.97. The summed E-state index contributed by atoms with van der Waals surface area (Å²) in [6.45, 7) is 1.84. The lowest BCUT2D eigenvalue weighted by molar-refractivity contribution is -0.115. The van der Waals surface area contributed by atoms with Crippen molar-refractivity contribution in [2.45, 2.75) is 13.3 Å². The van der Waals surface area contributed by atoms with Crippen LogP contribution in [0.3, 0.4) is 0 Å². The number of nitrogens with zero attached hydrogens (tertiary/aromatic N) is 6. The third kappa shape index (κ3) is 3.73. The maximum Gasteiger partial charge on any atom is 0.229 e. The van der Waals surface area contributed by atoms with Crippen molar-refractivity contribution in [3.05, 3.63) is 47.9 Å². The standard InChI is InChI=1S/C15H15N7O/c1-10-8-17-13(9-16-10)18-14(23)7-11-3-5-12(6-4-11)15-19-21-22(2)20-15/h3-6,8-9H,7H2,1-2H3,(H,17,18,23). The smallest absolute Gasteiger partial charge is 0.229 e. The molecule has 3 rings (SSSR count). The zero-order valence-corrected chi connectivity index (χ0v) is 12.8. The molecule has 23 heavy (non-hydrogen) atoms. The Kier molecular flexibility index (Phi) is 4.05. The van der Waals surface area contributed by atoms with E-state index in [9.17, 15) is 4.79 Å². The predicted octanol–water partition coefficient (Wildman–Crippen LogP) is 1.16. The van der Waals surface area contributed by atoms with E-state index in [2.05, 4.69) is 30.7 Å². The first-order valence-electron chi connectivity index (χ1n) is 7.02. The van der Waals surface area contributed by atoms with E-state index in [1.165, 1.54) is 11.0 Å². The molecule has 0 radical (unpaired) electrons. The normalized spacial score (nSPS) is 10.5. The molecule has 0 saturated heterocycles. The van der Waals surface area contributed by atoms with Crippen molar-refractivity contribution < 1.29 is 4.79 Å². The van der Waals surface area contributed by atoms with E-state index in [0.717, 1.165) is 16.8 Å². The number of carbonyl (C=O) groups is 1. The highest BCUT2D eigenvalue weighted by atomic mass is 16.1. The van der Waals surface area contributed by atoms with Crippen molar-refractivity contribution in [1.82, 2.24) is 30.2 Å². The lowest BCUT2D eigenvalue weighted by Crippen LogP contribution is -2.15. The molecule has 2 aromatic heterocycles. The van der Waals surface area contributed by atoms with Gasteiger partial charge < -0.3 is 5.32 Å². The number of carbonyl (C=O) groups excluding carboxylic acids is 1. The minimum absolute atomic E-state index is 0.145. The van der Waals surface area contributed by atoms with Crippen molar-refractivity contribution in [2.24, 2.45) is 7.05 Å². The first kappa shape index (κ1) is 14.8. The van der Waals surface area contributed by atoms with Gasteiger partial charge in [0.15, 0.2) is 5.82 Å². The van der Waals surface area contributed by atoms with Crippen LogP contribution >= 0.6 is 0 Å². The maximum atomic E-state index is 12.0. The van der Waals surface area contributed by atoms with E-state index in [0.29, 0.717) is 11.6 Å². The summed E-state index contributed by atoms with van der Waals surface area (Å²) in [5.74, 6) is 0.855. The number of rotatable bonds is 4. The van der Waals surface area contributed by atoms with E-state index in [1.54, 1.807) is 13.2 Å². The Bertz CT molecular complexity index is 809. The second-order valence-corrected chi connectivity index (χ2v) is 5.07. The van der Waals surface area contributed by atoms with Crippen LogP contribution in [-0.4, -0.2) is 36.1 Å². The molecule has 8 nitrogen and oxygen atoms in total. The Morgan fingerprint density at radius 2 is 1.96 bits per heavy atom. The van der Waals surface area contributed by atoms with Crippen LogP contribution < -0.4 is 5.32 Å². The number of amides is 1. The van der Waals surface area contributed by atoms with Crippen LogP contribution in [0.1, 0.15) is 11.3 Å². The molecule has 2 heterocycles. The number of anilines is 1. The van der Waals surface area contributed by atoms with E-state index in [-0.39, 0.29) is 12.3 Å². The largest absolute Gasteiger partial charge is 0.309 e. The van der Waals surface area contributed by atoms with Crippen molar-refractivity contribution in [1.29, 1.82) is 0 Å². The summed E-state index contributed by atoms with van der Waals surface area (Å²) in [5, 5.41) is 14.6. The molecule has 0 spiro atoms. The van der Waals surface area contributed by atoms with Crippen LogP contribution in [0.15, 0.2) is 36.7 Å². The van der Waals surface area contributed by atoms with Crippen molar-refractivity contribution >= 4 is 11.7 Å². The quantitative estimate of drug-likeness (QED) is 0.776. The van der Waals surface area contributed by atoms with Crippen molar-refractivity contribution in [3.63, 3.8) is 0 Å². The van der Waals surface area contributed by atoms with Crippen LogP contribution in [-0.2, 0) is 18.3 Å². The van der Waals surface area contributed by atoms with Gasteiger partial charge in [-0.1, -0.05) is 24.3 Å². The van der Waals surface area contributed by atoms with E-state index >= 15 is 0 Å². The fourth-order valence-corrected chi connectivity index (χ4v) is 2.00. The summed E-state index contributed by atoms with van der Waals surface area (Å²) in [4.78, 5) is 21.6. The number of hydrogen-bond donors (Lipinski definition) is 1. The fraction of sp³-hybridized carbons (Fsp3) is 0.200. The molecule has 0 bridgehead atoms. The van der Waals surface area contributed by atoms with Crippen LogP contribution in [0.4, 0.5) is 5.82 Å². The van der Waals surface area contributed by atoms with Gasteiger partial charge >= 0.3 is 0 Å². The third-order valence-electron chi connectivity index (χ3n) is 3.13. The molecule has 8 heteroatoms. The molecule has 1 aromatic carbocycles. The zero-order chi connectivity index (χ0) is 16.2. The molecule has 1 amide bonds. The van der Waals surface area contributed by atoms with E-state index in [4.69, 9.17) is 0 Å².